The van der Waals surface area contributed by atoms with Crippen LogP contribution in [0.25, 0.3) is 0 Å². The van der Waals surface area contributed by atoms with E-state index in [0.29, 0.717) is 11.5 Å². The van der Waals surface area contributed by atoms with Crippen molar-refractivity contribution in [3.63, 3.8) is 0 Å². The molecule has 2 N–H and O–H groups in total. The molecule has 0 radical (unpaired) electrons. The Morgan fingerprint density at radius 1 is 1.17 bits per heavy atom. The number of pyridine rings is 1. The van der Waals surface area contributed by atoms with Gasteiger partial charge in [-0.2, -0.15) is 0 Å². The average molecular weight is 259 g/mol. The summed E-state index contributed by atoms with van der Waals surface area (Å²) in [5.74, 6) is -0.00878. The normalized spacial score (nSPS) is 9.56. The molecule has 0 saturated carbocycles. The van der Waals surface area contributed by atoms with Crippen LogP contribution in [-0.4, -0.2) is 26.0 Å². The lowest BCUT2D eigenvalue weighted by Gasteiger charge is -2.07. The lowest BCUT2D eigenvalue weighted by Crippen LogP contribution is -2.34. The van der Waals surface area contributed by atoms with Gasteiger partial charge in [0.1, 0.15) is 0 Å². The van der Waals surface area contributed by atoms with Crippen molar-refractivity contribution in [2.24, 2.45) is 0 Å². The van der Waals surface area contributed by atoms with Gasteiger partial charge in [-0.3, -0.25) is 15.1 Å². The monoisotopic (exact) mass is 259 g/mol. The summed E-state index contributed by atoms with van der Waals surface area (Å²) in [6.07, 6.45) is 6.18. The summed E-state index contributed by atoms with van der Waals surface area (Å²) in [4.78, 5) is 23.4. The van der Waals surface area contributed by atoms with Gasteiger partial charge in [-0.1, -0.05) is 0 Å². The third-order valence-corrected chi connectivity index (χ3v) is 2.15. The molecule has 0 fully saturated rings. The van der Waals surface area contributed by atoms with E-state index < -0.39 is 0 Å². The number of thiocarbonyl (C=S) groups is 1. The van der Waals surface area contributed by atoms with Crippen LogP contribution in [0.5, 0.6) is 0 Å². The Labute approximate surface area is 108 Å². The van der Waals surface area contributed by atoms with Gasteiger partial charge in [-0.15, -0.1) is 0 Å². The first kappa shape index (κ1) is 12.1. The molecular weight excluding hydrogens is 250 g/mol. The minimum absolute atomic E-state index is 0.134. The van der Waals surface area contributed by atoms with E-state index in [4.69, 9.17) is 12.2 Å². The van der Waals surface area contributed by atoms with Crippen LogP contribution in [0.2, 0.25) is 0 Å². The summed E-state index contributed by atoms with van der Waals surface area (Å²) >= 11 is 4.97. The summed E-state index contributed by atoms with van der Waals surface area (Å²) in [6.45, 7) is 0. The van der Waals surface area contributed by atoms with Crippen LogP contribution in [0, 0.1) is 0 Å². The largest absolute Gasteiger partial charge is 0.301 e. The fourth-order valence-electron chi connectivity index (χ4n) is 1.17. The Balaban J connectivity index is 1.94. The highest BCUT2D eigenvalue weighted by Gasteiger charge is 2.07. The van der Waals surface area contributed by atoms with E-state index in [1.54, 1.807) is 36.8 Å². The zero-order valence-corrected chi connectivity index (χ0v) is 10.0. The topological polar surface area (TPSA) is 79.8 Å². The molecule has 0 aliphatic rings. The highest BCUT2D eigenvalue weighted by Crippen LogP contribution is 1.97. The molecule has 6 nitrogen and oxygen atoms in total. The molecule has 0 atom stereocenters. The van der Waals surface area contributed by atoms with E-state index in [0.717, 1.165) is 0 Å². The van der Waals surface area contributed by atoms with Gasteiger partial charge in [0.05, 0.1) is 5.56 Å². The van der Waals surface area contributed by atoms with Crippen molar-refractivity contribution in [2.75, 3.05) is 5.32 Å². The van der Waals surface area contributed by atoms with E-state index >= 15 is 0 Å². The highest BCUT2D eigenvalue weighted by atomic mass is 32.1. The van der Waals surface area contributed by atoms with Crippen molar-refractivity contribution in [1.29, 1.82) is 0 Å². The lowest BCUT2D eigenvalue weighted by atomic mass is 10.3. The second-order valence-corrected chi connectivity index (χ2v) is 3.63. The molecule has 7 heteroatoms. The first-order valence-corrected chi connectivity index (χ1v) is 5.46. The number of amides is 1. The van der Waals surface area contributed by atoms with Gasteiger partial charge in [0.15, 0.2) is 5.11 Å². The number of nitrogens with zero attached hydrogens (tertiary/aromatic N) is 3. The second kappa shape index (κ2) is 5.78. The van der Waals surface area contributed by atoms with Gasteiger partial charge in [-0.25, -0.2) is 9.97 Å². The van der Waals surface area contributed by atoms with E-state index in [1.165, 1.54) is 6.20 Å². The van der Waals surface area contributed by atoms with E-state index in [2.05, 4.69) is 25.6 Å². The third-order valence-electron chi connectivity index (χ3n) is 1.94. The van der Waals surface area contributed by atoms with Gasteiger partial charge in [-0.05, 0) is 30.4 Å². The van der Waals surface area contributed by atoms with Crippen molar-refractivity contribution in [3.05, 3.63) is 48.5 Å². The number of nitrogens with one attached hydrogen (secondary N) is 2. The quantitative estimate of drug-likeness (QED) is 0.783. The number of hydrogen-bond acceptors (Lipinski definition) is 5. The smallest absolute Gasteiger partial charge is 0.258 e. The zero-order chi connectivity index (χ0) is 12.8. The van der Waals surface area contributed by atoms with Crippen molar-refractivity contribution in [3.8, 4) is 0 Å². The number of carbonyl (C=O) groups is 1. The molecule has 0 aliphatic carbocycles. The fraction of sp³-hybridized carbons (Fsp3) is 0. The minimum atomic E-state index is -0.337. The van der Waals surface area contributed by atoms with Gasteiger partial charge in [0.2, 0.25) is 5.95 Å². The first-order chi connectivity index (χ1) is 8.75. The molecule has 0 saturated heterocycles. The van der Waals surface area contributed by atoms with Gasteiger partial charge >= 0.3 is 0 Å². The molecule has 0 spiro atoms. The van der Waals surface area contributed by atoms with Crippen LogP contribution < -0.4 is 10.6 Å². The Hall–Kier alpha value is -2.41. The predicted octanol–water partition coefficient (Wildman–Crippen LogP) is 0.998. The maximum atomic E-state index is 11.7. The zero-order valence-electron chi connectivity index (χ0n) is 9.20. The van der Waals surface area contributed by atoms with Crippen LogP contribution in [0.4, 0.5) is 5.95 Å². The summed E-state index contributed by atoms with van der Waals surface area (Å²) in [6, 6.07) is 5.00. The summed E-state index contributed by atoms with van der Waals surface area (Å²) < 4.78 is 0. The summed E-state index contributed by atoms with van der Waals surface area (Å²) in [7, 11) is 0. The maximum absolute atomic E-state index is 11.7. The maximum Gasteiger partial charge on any atom is 0.258 e. The number of hydrogen-bond donors (Lipinski definition) is 2. The van der Waals surface area contributed by atoms with Crippen molar-refractivity contribution < 1.29 is 4.79 Å². The standard InChI is InChI=1S/C11H9N5OS/c17-9(8-3-1-4-12-7-8)15-11(18)16-10-13-5-2-6-14-10/h1-7H,(H2,13,14,15,16,17,18). The SMILES string of the molecule is O=C(NC(=S)Nc1ncccn1)c1cccnc1. The van der Waals surface area contributed by atoms with Crippen molar-refractivity contribution >= 4 is 29.2 Å². The first-order valence-electron chi connectivity index (χ1n) is 5.05. The Kier molecular flexibility index (Phi) is 3.87. The van der Waals surface area contributed by atoms with E-state index in [-0.39, 0.29) is 11.0 Å². The van der Waals surface area contributed by atoms with Crippen LogP contribution in [0.15, 0.2) is 43.0 Å². The molecular formula is C11H9N5OS. The number of rotatable bonds is 2. The summed E-state index contributed by atoms with van der Waals surface area (Å²) in [5.41, 5.74) is 0.427. The Morgan fingerprint density at radius 3 is 2.61 bits per heavy atom. The summed E-state index contributed by atoms with van der Waals surface area (Å²) in [5, 5.41) is 5.34. The second-order valence-electron chi connectivity index (χ2n) is 3.22. The number of aromatic nitrogens is 3. The van der Waals surface area contributed by atoms with Crippen LogP contribution in [0.1, 0.15) is 10.4 Å². The number of carbonyl (C=O) groups excluding carboxylic acids is 1. The number of anilines is 1. The van der Waals surface area contributed by atoms with Crippen molar-refractivity contribution in [2.45, 2.75) is 0 Å². The molecule has 2 aromatic heterocycles. The van der Waals surface area contributed by atoms with Gasteiger partial charge in [0, 0.05) is 24.8 Å². The van der Waals surface area contributed by atoms with Crippen LogP contribution in [-0.2, 0) is 0 Å². The fourth-order valence-corrected chi connectivity index (χ4v) is 1.35. The van der Waals surface area contributed by atoms with E-state index in [1.807, 2.05) is 0 Å². The third kappa shape index (κ3) is 3.29. The van der Waals surface area contributed by atoms with Crippen molar-refractivity contribution in [1.82, 2.24) is 20.3 Å². The molecule has 0 aromatic carbocycles. The Morgan fingerprint density at radius 2 is 1.94 bits per heavy atom. The van der Waals surface area contributed by atoms with Crippen LogP contribution >= 0.6 is 12.2 Å². The molecule has 0 aliphatic heterocycles. The molecule has 1 amide bonds. The Bertz CT molecular complexity index is 546. The van der Waals surface area contributed by atoms with E-state index in [9.17, 15) is 4.79 Å². The van der Waals surface area contributed by atoms with Crippen LogP contribution in [0.3, 0.4) is 0 Å². The van der Waals surface area contributed by atoms with Gasteiger partial charge in [0.25, 0.3) is 5.91 Å². The molecule has 0 bridgehead atoms. The lowest BCUT2D eigenvalue weighted by molar-refractivity contribution is 0.0977. The highest BCUT2D eigenvalue weighted by molar-refractivity contribution is 7.80. The molecule has 2 rings (SSSR count). The molecule has 2 heterocycles. The molecule has 18 heavy (non-hydrogen) atoms. The molecule has 2 aromatic rings. The van der Waals surface area contributed by atoms with Gasteiger partial charge < -0.3 is 5.32 Å². The average Bonchev–Trinajstić information content (AvgIpc) is 2.40. The minimum Gasteiger partial charge on any atom is -0.301 e. The molecule has 0 unspecified atom stereocenters. The predicted molar refractivity (Wildman–Crippen MR) is 70.0 cm³/mol. The molecule has 90 valence electrons.